The summed E-state index contributed by atoms with van der Waals surface area (Å²) in [4.78, 5) is 11.8. The summed E-state index contributed by atoms with van der Waals surface area (Å²) >= 11 is 0. The number of carbonyl (C=O) groups excluding carboxylic acids is 1. The number of sulfone groups is 1. The quantitative estimate of drug-likeness (QED) is 0.921. The maximum atomic E-state index is 12.8. The number of benzene rings is 2. The first-order valence-electron chi connectivity index (χ1n) is 6.65. The molecule has 0 radical (unpaired) electrons. The van der Waals surface area contributed by atoms with Crippen LogP contribution in [0.4, 0.5) is 10.1 Å². The fourth-order valence-corrected chi connectivity index (χ4v) is 3.28. The zero-order chi connectivity index (χ0) is 16.2. The van der Waals surface area contributed by atoms with Crippen LogP contribution in [0.15, 0.2) is 48.5 Å². The number of rotatable bonds is 5. The van der Waals surface area contributed by atoms with Crippen molar-refractivity contribution in [2.75, 3.05) is 11.1 Å². The minimum absolute atomic E-state index is 0.297. The summed E-state index contributed by atoms with van der Waals surface area (Å²) in [6.07, 6.45) is 0. The summed E-state index contributed by atoms with van der Waals surface area (Å²) in [6, 6.07) is 12.3. The zero-order valence-electron chi connectivity index (χ0n) is 12.0. The van der Waals surface area contributed by atoms with Crippen molar-refractivity contribution in [2.45, 2.75) is 12.7 Å². The van der Waals surface area contributed by atoms with Crippen molar-refractivity contribution in [3.05, 3.63) is 65.5 Å². The molecule has 0 fully saturated rings. The minimum atomic E-state index is -3.61. The van der Waals surface area contributed by atoms with Gasteiger partial charge in [-0.05, 0) is 42.3 Å². The lowest BCUT2D eigenvalue weighted by Crippen LogP contribution is -2.24. The standard InChI is InChI=1S/C16H16FNO3S/c1-12-3-2-4-15(9-12)18-16(19)11-22(20,21)10-13-5-7-14(17)8-6-13/h2-9H,10-11H2,1H3,(H,18,19). The van der Waals surface area contributed by atoms with Crippen molar-refractivity contribution >= 4 is 21.4 Å². The van der Waals surface area contributed by atoms with E-state index in [0.29, 0.717) is 11.3 Å². The Bertz CT molecular complexity index is 770. The fourth-order valence-electron chi connectivity index (χ4n) is 2.01. The molecule has 0 aliphatic rings. The van der Waals surface area contributed by atoms with E-state index in [-0.39, 0.29) is 5.75 Å². The highest BCUT2D eigenvalue weighted by atomic mass is 32.2. The van der Waals surface area contributed by atoms with Gasteiger partial charge in [-0.2, -0.15) is 0 Å². The molecule has 0 saturated carbocycles. The van der Waals surface area contributed by atoms with E-state index in [9.17, 15) is 17.6 Å². The number of anilines is 1. The number of halogens is 1. The molecular weight excluding hydrogens is 305 g/mol. The van der Waals surface area contributed by atoms with Gasteiger partial charge in [0.15, 0.2) is 9.84 Å². The largest absolute Gasteiger partial charge is 0.325 e. The van der Waals surface area contributed by atoms with Gasteiger partial charge in [-0.25, -0.2) is 12.8 Å². The molecule has 6 heteroatoms. The van der Waals surface area contributed by atoms with Crippen LogP contribution in [0.2, 0.25) is 0 Å². The smallest absolute Gasteiger partial charge is 0.239 e. The van der Waals surface area contributed by atoms with Crippen LogP contribution in [0.1, 0.15) is 11.1 Å². The van der Waals surface area contributed by atoms with Crippen LogP contribution in [0.5, 0.6) is 0 Å². The first-order chi connectivity index (χ1) is 10.3. The monoisotopic (exact) mass is 321 g/mol. The summed E-state index contributed by atoms with van der Waals surface area (Å²) in [5.74, 6) is -1.93. The van der Waals surface area contributed by atoms with Gasteiger partial charge in [-0.3, -0.25) is 4.79 Å². The predicted octanol–water partition coefficient (Wildman–Crippen LogP) is 2.69. The van der Waals surface area contributed by atoms with Crippen molar-refractivity contribution in [1.82, 2.24) is 0 Å². The molecule has 116 valence electrons. The number of amides is 1. The van der Waals surface area contributed by atoms with Crippen LogP contribution >= 0.6 is 0 Å². The van der Waals surface area contributed by atoms with Crippen LogP contribution in [-0.4, -0.2) is 20.1 Å². The van der Waals surface area contributed by atoms with E-state index in [1.165, 1.54) is 24.3 Å². The molecule has 0 heterocycles. The van der Waals surface area contributed by atoms with Gasteiger partial charge in [-0.15, -0.1) is 0 Å². The third kappa shape index (κ3) is 4.96. The molecular formula is C16H16FNO3S. The Morgan fingerprint density at radius 3 is 2.45 bits per heavy atom. The highest BCUT2D eigenvalue weighted by molar-refractivity contribution is 7.91. The van der Waals surface area contributed by atoms with Gasteiger partial charge >= 0.3 is 0 Å². The van der Waals surface area contributed by atoms with Gasteiger partial charge in [-0.1, -0.05) is 24.3 Å². The molecule has 0 aliphatic heterocycles. The van der Waals surface area contributed by atoms with E-state index in [1.54, 1.807) is 18.2 Å². The van der Waals surface area contributed by atoms with Crippen LogP contribution < -0.4 is 5.32 Å². The first-order valence-corrected chi connectivity index (χ1v) is 8.47. The Hall–Kier alpha value is -2.21. The lowest BCUT2D eigenvalue weighted by molar-refractivity contribution is -0.113. The molecule has 0 atom stereocenters. The van der Waals surface area contributed by atoms with Gasteiger partial charge in [0.25, 0.3) is 0 Å². The number of carbonyl (C=O) groups is 1. The van der Waals surface area contributed by atoms with Crippen LogP contribution in [0.25, 0.3) is 0 Å². The van der Waals surface area contributed by atoms with Crippen LogP contribution in [0.3, 0.4) is 0 Å². The predicted molar refractivity (Wildman–Crippen MR) is 83.7 cm³/mol. The lowest BCUT2D eigenvalue weighted by Gasteiger charge is -2.07. The van der Waals surface area contributed by atoms with Gasteiger partial charge in [0.1, 0.15) is 11.6 Å². The minimum Gasteiger partial charge on any atom is -0.325 e. The number of hydrogen-bond donors (Lipinski definition) is 1. The summed E-state index contributed by atoms with van der Waals surface area (Å²) in [6.45, 7) is 1.88. The second kappa shape index (κ2) is 6.70. The van der Waals surface area contributed by atoms with Crippen LogP contribution in [-0.2, 0) is 20.4 Å². The molecule has 4 nitrogen and oxygen atoms in total. The molecule has 2 aromatic carbocycles. The van der Waals surface area contributed by atoms with Gasteiger partial charge < -0.3 is 5.32 Å². The van der Waals surface area contributed by atoms with Gasteiger partial charge in [0.2, 0.25) is 5.91 Å². The molecule has 0 saturated heterocycles. The van der Waals surface area contributed by atoms with Crippen LogP contribution in [0, 0.1) is 12.7 Å². The Morgan fingerprint density at radius 2 is 1.82 bits per heavy atom. The molecule has 1 amide bonds. The molecule has 0 unspecified atom stereocenters. The van der Waals surface area contributed by atoms with E-state index >= 15 is 0 Å². The summed E-state index contributed by atoms with van der Waals surface area (Å²) in [5, 5.41) is 2.56. The normalized spacial score (nSPS) is 11.2. The maximum absolute atomic E-state index is 12.8. The fraction of sp³-hybridized carbons (Fsp3) is 0.188. The highest BCUT2D eigenvalue weighted by Gasteiger charge is 2.17. The van der Waals surface area contributed by atoms with E-state index < -0.39 is 27.3 Å². The van der Waals surface area contributed by atoms with Crippen molar-refractivity contribution in [1.29, 1.82) is 0 Å². The molecule has 0 aromatic heterocycles. The topological polar surface area (TPSA) is 63.2 Å². The Kier molecular flexibility index (Phi) is 4.92. The van der Waals surface area contributed by atoms with Gasteiger partial charge in [0, 0.05) is 5.69 Å². The third-order valence-corrected chi connectivity index (χ3v) is 4.43. The SMILES string of the molecule is Cc1cccc(NC(=O)CS(=O)(=O)Cc2ccc(F)cc2)c1. The molecule has 1 N–H and O–H groups in total. The molecule has 22 heavy (non-hydrogen) atoms. The number of hydrogen-bond acceptors (Lipinski definition) is 3. The molecule has 2 aromatic rings. The van der Waals surface area contributed by atoms with Crippen molar-refractivity contribution < 1.29 is 17.6 Å². The van der Waals surface area contributed by atoms with Crippen molar-refractivity contribution in [3.8, 4) is 0 Å². The number of nitrogens with one attached hydrogen (secondary N) is 1. The van der Waals surface area contributed by atoms with E-state index in [1.807, 2.05) is 13.0 Å². The maximum Gasteiger partial charge on any atom is 0.239 e. The highest BCUT2D eigenvalue weighted by Crippen LogP contribution is 2.11. The molecule has 0 bridgehead atoms. The average molecular weight is 321 g/mol. The summed E-state index contributed by atoms with van der Waals surface area (Å²) < 4.78 is 36.8. The van der Waals surface area contributed by atoms with E-state index in [2.05, 4.69) is 5.32 Å². The first kappa shape index (κ1) is 16.2. The third-order valence-electron chi connectivity index (χ3n) is 2.95. The second-order valence-electron chi connectivity index (χ2n) is 5.08. The Morgan fingerprint density at radius 1 is 1.14 bits per heavy atom. The van der Waals surface area contributed by atoms with Crippen molar-refractivity contribution in [2.24, 2.45) is 0 Å². The second-order valence-corrected chi connectivity index (χ2v) is 7.14. The molecule has 0 spiro atoms. The lowest BCUT2D eigenvalue weighted by atomic mass is 10.2. The van der Waals surface area contributed by atoms with E-state index in [4.69, 9.17) is 0 Å². The zero-order valence-corrected chi connectivity index (χ0v) is 12.9. The Labute approximate surface area is 128 Å². The number of aryl methyl sites for hydroxylation is 1. The van der Waals surface area contributed by atoms with Gasteiger partial charge in [0.05, 0.1) is 5.75 Å². The Balaban J connectivity index is 1.99. The summed E-state index contributed by atoms with van der Waals surface area (Å²) in [5.41, 5.74) is 1.97. The van der Waals surface area contributed by atoms with Crippen molar-refractivity contribution in [3.63, 3.8) is 0 Å². The molecule has 0 aliphatic carbocycles. The molecule has 2 rings (SSSR count). The van der Waals surface area contributed by atoms with E-state index in [0.717, 1.165) is 5.56 Å². The average Bonchev–Trinajstić information content (AvgIpc) is 2.40. The summed E-state index contributed by atoms with van der Waals surface area (Å²) in [7, 11) is -3.61.